The van der Waals surface area contributed by atoms with Crippen LogP contribution < -0.4 is 0 Å². The minimum atomic E-state index is -0.886. The molecule has 1 atom stereocenters. The largest absolute Gasteiger partial charge is 0.478 e. The fourth-order valence-corrected chi connectivity index (χ4v) is 1.46. The number of hydrogen-bond acceptors (Lipinski definition) is 2. The zero-order valence-electron chi connectivity index (χ0n) is 8.36. The molecule has 3 nitrogen and oxygen atoms in total. The van der Waals surface area contributed by atoms with Crippen LogP contribution in [0.3, 0.4) is 0 Å². The summed E-state index contributed by atoms with van der Waals surface area (Å²) in [6.07, 6.45) is 0. The Bertz CT molecular complexity index is 320. The van der Waals surface area contributed by atoms with Crippen molar-refractivity contribution < 1.29 is 14.6 Å². The molecular weight excluding hydrogens is 180 g/mol. The number of aromatic carboxylic acids is 1. The lowest BCUT2D eigenvalue weighted by atomic mass is 9.96. The summed E-state index contributed by atoms with van der Waals surface area (Å²) in [4.78, 5) is 10.9. The number of carboxylic acid groups (broad SMARTS) is 1. The third kappa shape index (κ3) is 2.33. The van der Waals surface area contributed by atoms with Crippen molar-refractivity contribution in [3.63, 3.8) is 0 Å². The molecule has 0 aliphatic rings. The van der Waals surface area contributed by atoms with Crippen LogP contribution in [-0.4, -0.2) is 24.8 Å². The first kappa shape index (κ1) is 10.7. The topological polar surface area (TPSA) is 46.5 Å². The van der Waals surface area contributed by atoms with Crippen molar-refractivity contribution in [3.8, 4) is 0 Å². The molecule has 0 heterocycles. The third-order valence-electron chi connectivity index (χ3n) is 2.14. The molecule has 0 saturated heterocycles. The molecule has 0 saturated carbocycles. The highest BCUT2D eigenvalue weighted by molar-refractivity contribution is 5.89. The Morgan fingerprint density at radius 3 is 2.71 bits per heavy atom. The van der Waals surface area contributed by atoms with Gasteiger partial charge in [-0.05, 0) is 11.6 Å². The summed E-state index contributed by atoms with van der Waals surface area (Å²) in [6, 6.07) is 7.01. The fourth-order valence-electron chi connectivity index (χ4n) is 1.46. The first-order valence-corrected chi connectivity index (χ1v) is 4.48. The van der Waals surface area contributed by atoms with Gasteiger partial charge in [-0.15, -0.1) is 0 Å². The van der Waals surface area contributed by atoms with E-state index in [1.54, 1.807) is 19.2 Å². The molecule has 14 heavy (non-hydrogen) atoms. The molecule has 0 aliphatic heterocycles. The molecule has 0 amide bonds. The van der Waals surface area contributed by atoms with Gasteiger partial charge in [-0.3, -0.25) is 0 Å². The first-order valence-electron chi connectivity index (χ1n) is 4.48. The normalized spacial score (nSPS) is 12.4. The van der Waals surface area contributed by atoms with Crippen molar-refractivity contribution in [2.24, 2.45) is 0 Å². The molecule has 0 radical (unpaired) electrons. The molecule has 3 heteroatoms. The van der Waals surface area contributed by atoms with Gasteiger partial charge in [-0.2, -0.15) is 0 Å². The molecule has 0 spiro atoms. The highest BCUT2D eigenvalue weighted by atomic mass is 16.5. The molecule has 0 aliphatic carbocycles. The van der Waals surface area contributed by atoms with E-state index in [2.05, 4.69) is 0 Å². The van der Waals surface area contributed by atoms with Crippen molar-refractivity contribution in [1.82, 2.24) is 0 Å². The Labute approximate surface area is 83.3 Å². The van der Waals surface area contributed by atoms with E-state index < -0.39 is 5.97 Å². The van der Waals surface area contributed by atoms with Gasteiger partial charge in [0, 0.05) is 13.0 Å². The van der Waals surface area contributed by atoms with Gasteiger partial charge in [0.2, 0.25) is 0 Å². The van der Waals surface area contributed by atoms with E-state index in [9.17, 15) is 4.79 Å². The molecule has 0 fully saturated rings. The zero-order chi connectivity index (χ0) is 10.6. The van der Waals surface area contributed by atoms with Gasteiger partial charge in [0.05, 0.1) is 12.2 Å². The molecule has 1 N–H and O–H groups in total. The zero-order valence-corrected chi connectivity index (χ0v) is 8.36. The van der Waals surface area contributed by atoms with E-state index in [1.807, 2.05) is 19.1 Å². The van der Waals surface area contributed by atoms with Crippen LogP contribution in [0.1, 0.15) is 28.8 Å². The van der Waals surface area contributed by atoms with Crippen molar-refractivity contribution in [3.05, 3.63) is 35.4 Å². The lowest BCUT2D eigenvalue weighted by molar-refractivity contribution is 0.0694. The summed E-state index contributed by atoms with van der Waals surface area (Å²) in [6.45, 7) is 2.48. The second kappa shape index (κ2) is 4.77. The number of rotatable bonds is 4. The first-order chi connectivity index (χ1) is 6.66. The van der Waals surface area contributed by atoms with Crippen LogP contribution in [0.15, 0.2) is 24.3 Å². The van der Waals surface area contributed by atoms with Gasteiger partial charge in [-0.1, -0.05) is 25.1 Å². The van der Waals surface area contributed by atoms with Gasteiger partial charge in [0.15, 0.2) is 0 Å². The van der Waals surface area contributed by atoms with Gasteiger partial charge < -0.3 is 9.84 Å². The van der Waals surface area contributed by atoms with E-state index >= 15 is 0 Å². The van der Waals surface area contributed by atoms with Gasteiger partial charge >= 0.3 is 5.97 Å². The van der Waals surface area contributed by atoms with Crippen LogP contribution >= 0.6 is 0 Å². The predicted molar refractivity (Wildman–Crippen MR) is 53.7 cm³/mol. The Hall–Kier alpha value is -1.35. The van der Waals surface area contributed by atoms with Crippen LogP contribution in [0.2, 0.25) is 0 Å². The van der Waals surface area contributed by atoms with E-state index in [0.717, 1.165) is 5.56 Å². The number of carbonyl (C=O) groups is 1. The van der Waals surface area contributed by atoms with Gasteiger partial charge in [-0.25, -0.2) is 4.79 Å². The number of carboxylic acids is 1. The SMILES string of the molecule is COCC(C)c1ccccc1C(=O)O. The summed E-state index contributed by atoms with van der Waals surface area (Å²) in [7, 11) is 1.61. The molecular formula is C11H14O3. The maximum absolute atomic E-state index is 10.9. The minimum absolute atomic E-state index is 0.104. The van der Waals surface area contributed by atoms with Gasteiger partial charge in [0.1, 0.15) is 0 Å². The molecule has 1 aromatic rings. The fraction of sp³-hybridized carbons (Fsp3) is 0.364. The number of ether oxygens (including phenoxy) is 1. The van der Waals surface area contributed by atoms with Crippen LogP contribution in [-0.2, 0) is 4.74 Å². The summed E-state index contributed by atoms with van der Waals surface area (Å²) < 4.78 is 5.00. The Morgan fingerprint density at radius 1 is 1.50 bits per heavy atom. The van der Waals surface area contributed by atoms with E-state index in [4.69, 9.17) is 9.84 Å². The summed E-state index contributed by atoms with van der Waals surface area (Å²) in [5.74, 6) is -0.782. The predicted octanol–water partition coefficient (Wildman–Crippen LogP) is 2.13. The van der Waals surface area contributed by atoms with Crippen molar-refractivity contribution >= 4 is 5.97 Å². The average molecular weight is 194 g/mol. The van der Waals surface area contributed by atoms with Gasteiger partial charge in [0.25, 0.3) is 0 Å². The van der Waals surface area contributed by atoms with Crippen LogP contribution in [0.25, 0.3) is 0 Å². The average Bonchev–Trinajstić information content (AvgIpc) is 2.18. The molecule has 1 unspecified atom stereocenters. The number of benzene rings is 1. The van der Waals surface area contributed by atoms with Crippen molar-refractivity contribution in [2.75, 3.05) is 13.7 Å². The van der Waals surface area contributed by atoms with Crippen LogP contribution in [0, 0.1) is 0 Å². The summed E-state index contributed by atoms with van der Waals surface area (Å²) in [5, 5.41) is 8.94. The Kier molecular flexibility index (Phi) is 3.65. The van der Waals surface area contributed by atoms with Crippen LogP contribution in [0.5, 0.6) is 0 Å². The molecule has 76 valence electrons. The number of methoxy groups -OCH3 is 1. The molecule has 1 aromatic carbocycles. The monoisotopic (exact) mass is 194 g/mol. The van der Waals surface area contributed by atoms with E-state index in [1.165, 1.54) is 0 Å². The highest BCUT2D eigenvalue weighted by Crippen LogP contribution is 2.19. The molecule has 0 aromatic heterocycles. The molecule has 0 bridgehead atoms. The lowest BCUT2D eigenvalue weighted by Gasteiger charge is -2.12. The summed E-state index contributed by atoms with van der Waals surface area (Å²) >= 11 is 0. The van der Waals surface area contributed by atoms with E-state index in [0.29, 0.717) is 12.2 Å². The summed E-state index contributed by atoms with van der Waals surface area (Å²) in [5.41, 5.74) is 1.18. The van der Waals surface area contributed by atoms with Crippen LogP contribution in [0.4, 0.5) is 0 Å². The number of hydrogen-bond donors (Lipinski definition) is 1. The maximum atomic E-state index is 10.9. The van der Waals surface area contributed by atoms with Crippen molar-refractivity contribution in [2.45, 2.75) is 12.8 Å². The van der Waals surface area contributed by atoms with E-state index in [-0.39, 0.29) is 5.92 Å². The standard InChI is InChI=1S/C11H14O3/c1-8(7-14-2)9-5-3-4-6-10(9)11(12)13/h3-6,8H,7H2,1-2H3,(H,12,13). The second-order valence-corrected chi connectivity index (χ2v) is 3.25. The Morgan fingerprint density at radius 2 is 2.14 bits per heavy atom. The highest BCUT2D eigenvalue weighted by Gasteiger charge is 2.14. The smallest absolute Gasteiger partial charge is 0.335 e. The quantitative estimate of drug-likeness (QED) is 0.798. The second-order valence-electron chi connectivity index (χ2n) is 3.25. The Balaban J connectivity index is 3.00. The lowest BCUT2D eigenvalue weighted by Crippen LogP contribution is -2.08. The minimum Gasteiger partial charge on any atom is -0.478 e. The third-order valence-corrected chi connectivity index (χ3v) is 2.14. The van der Waals surface area contributed by atoms with Crippen molar-refractivity contribution in [1.29, 1.82) is 0 Å². The molecule has 1 rings (SSSR count). The maximum Gasteiger partial charge on any atom is 0.335 e.